The third-order valence-electron chi connectivity index (χ3n) is 3.00. The Morgan fingerprint density at radius 3 is 2.93 bits per heavy atom. The van der Waals surface area contributed by atoms with Gasteiger partial charge in [0.2, 0.25) is 0 Å². The molecular formula is C10H9ClO3. The van der Waals surface area contributed by atoms with Crippen LogP contribution in [0.2, 0.25) is 0 Å². The zero-order chi connectivity index (χ0) is 9.71. The van der Waals surface area contributed by atoms with E-state index in [-0.39, 0.29) is 23.7 Å². The number of alkyl halides is 1. The van der Waals surface area contributed by atoms with Crippen LogP contribution >= 0.6 is 11.6 Å². The lowest BCUT2D eigenvalue weighted by molar-refractivity contribution is -0.202. The minimum Gasteiger partial charge on any atom is -0.458 e. The Bertz CT molecular complexity index is 347. The van der Waals surface area contributed by atoms with Crippen LogP contribution in [0.5, 0.6) is 0 Å². The number of allylic oxidation sites excluding steroid dienone is 2. The SMILES string of the molecule is O=C1O[C@@H]2OC(CCl)=C[C@H]3[C@@H]2C=C[C@@H]13. The molecule has 14 heavy (non-hydrogen) atoms. The zero-order valence-corrected chi connectivity index (χ0v) is 8.11. The van der Waals surface area contributed by atoms with Crippen molar-refractivity contribution in [3.05, 3.63) is 24.0 Å². The van der Waals surface area contributed by atoms with Crippen LogP contribution in [-0.2, 0) is 14.3 Å². The van der Waals surface area contributed by atoms with Gasteiger partial charge in [-0.25, -0.2) is 0 Å². The van der Waals surface area contributed by atoms with Crippen molar-refractivity contribution < 1.29 is 14.3 Å². The summed E-state index contributed by atoms with van der Waals surface area (Å²) in [6, 6.07) is 0. The highest BCUT2D eigenvalue weighted by Gasteiger charge is 2.50. The number of hydrogen-bond donors (Lipinski definition) is 0. The summed E-state index contributed by atoms with van der Waals surface area (Å²) in [6.45, 7) is 0. The van der Waals surface area contributed by atoms with Crippen LogP contribution < -0.4 is 0 Å². The van der Waals surface area contributed by atoms with E-state index < -0.39 is 6.29 Å². The fourth-order valence-corrected chi connectivity index (χ4v) is 2.47. The molecule has 0 aromatic carbocycles. The molecule has 2 aliphatic heterocycles. The first-order valence-corrected chi connectivity index (χ1v) is 5.15. The Kier molecular flexibility index (Phi) is 1.65. The maximum Gasteiger partial charge on any atom is 0.316 e. The Labute approximate surface area is 86.3 Å². The molecule has 1 saturated heterocycles. The molecule has 3 nitrogen and oxygen atoms in total. The van der Waals surface area contributed by atoms with Crippen molar-refractivity contribution in [2.75, 3.05) is 5.88 Å². The molecule has 3 aliphatic rings. The highest BCUT2D eigenvalue weighted by Crippen LogP contribution is 2.44. The molecule has 74 valence electrons. The summed E-state index contributed by atoms with van der Waals surface area (Å²) < 4.78 is 10.6. The van der Waals surface area contributed by atoms with Gasteiger partial charge in [-0.1, -0.05) is 12.2 Å². The molecule has 0 unspecified atom stereocenters. The first kappa shape index (κ1) is 8.36. The Morgan fingerprint density at radius 2 is 2.14 bits per heavy atom. The molecule has 2 heterocycles. The van der Waals surface area contributed by atoms with Crippen LogP contribution in [0.25, 0.3) is 0 Å². The molecule has 0 N–H and O–H groups in total. The second-order valence-electron chi connectivity index (χ2n) is 3.76. The van der Waals surface area contributed by atoms with Crippen molar-refractivity contribution in [1.29, 1.82) is 0 Å². The first-order valence-electron chi connectivity index (χ1n) is 4.62. The quantitative estimate of drug-likeness (QED) is 0.375. The molecule has 0 amide bonds. The third kappa shape index (κ3) is 0.960. The maximum absolute atomic E-state index is 11.4. The lowest BCUT2D eigenvalue weighted by Gasteiger charge is -2.38. The van der Waals surface area contributed by atoms with E-state index in [4.69, 9.17) is 21.1 Å². The topological polar surface area (TPSA) is 35.5 Å². The lowest BCUT2D eigenvalue weighted by Crippen LogP contribution is -2.44. The van der Waals surface area contributed by atoms with E-state index in [0.29, 0.717) is 5.88 Å². The monoisotopic (exact) mass is 212 g/mol. The highest BCUT2D eigenvalue weighted by molar-refractivity contribution is 6.19. The van der Waals surface area contributed by atoms with Crippen molar-refractivity contribution in [1.82, 2.24) is 0 Å². The molecule has 0 radical (unpaired) electrons. The number of ether oxygens (including phenoxy) is 2. The third-order valence-corrected chi connectivity index (χ3v) is 3.26. The van der Waals surface area contributed by atoms with E-state index in [9.17, 15) is 4.79 Å². The molecule has 0 spiro atoms. The fourth-order valence-electron chi connectivity index (χ4n) is 2.32. The first-order chi connectivity index (χ1) is 6.79. The minimum atomic E-state index is -0.457. The van der Waals surface area contributed by atoms with E-state index in [1.807, 2.05) is 18.2 Å². The van der Waals surface area contributed by atoms with Crippen molar-refractivity contribution in [3.8, 4) is 0 Å². The number of hydrogen-bond acceptors (Lipinski definition) is 3. The molecule has 0 aromatic heterocycles. The Morgan fingerprint density at radius 1 is 1.29 bits per heavy atom. The minimum absolute atomic E-state index is 0.127. The summed E-state index contributed by atoms with van der Waals surface area (Å²) in [5, 5.41) is 0. The van der Waals surface area contributed by atoms with Crippen molar-refractivity contribution >= 4 is 17.6 Å². The zero-order valence-electron chi connectivity index (χ0n) is 7.35. The van der Waals surface area contributed by atoms with Crippen LogP contribution in [0, 0.1) is 17.8 Å². The second-order valence-corrected chi connectivity index (χ2v) is 4.02. The van der Waals surface area contributed by atoms with Gasteiger partial charge in [0.15, 0.2) is 0 Å². The molecular weight excluding hydrogens is 204 g/mol. The van der Waals surface area contributed by atoms with E-state index in [2.05, 4.69) is 0 Å². The van der Waals surface area contributed by atoms with Crippen LogP contribution in [0.4, 0.5) is 0 Å². The number of rotatable bonds is 1. The van der Waals surface area contributed by atoms with Gasteiger partial charge in [-0.2, -0.15) is 0 Å². The van der Waals surface area contributed by atoms with E-state index in [0.717, 1.165) is 5.76 Å². The second kappa shape index (κ2) is 2.76. The predicted octanol–water partition coefficient (Wildman–Crippen LogP) is 1.44. The van der Waals surface area contributed by atoms with Crippen molar-refractivity contribution in [3.63, 3.8) is 0 Å². The van der Waals surface area contributed by atoms with Crippen LogP contribution in [0.1, 0.15) is 0 Å². The van der Waals surface area contributed by atoms with E-state index in [1.165, 1.54) is 0 Å². The van der Waals surface area contributed by atoms with Gasteiger partial charge >= 0.3 is 5.97 Å². The Hall–Kier alpha value is -0.960. The normalized spacial score (nSPS) is 42.9. The fraction of sp³-hybridized carbons (Fsp3) is 0.500. The summed E-state index contributed by atoms with van der Waals surface area (Å²) in [6.07, 6.45) is 5.42. The lowest BCUT2D eigenvalue weighted by atomic mass is 9.83. The highest BCUT2D eigenvalue weighted by atomic mass is 35.5. The van der Waals surface area contributed by atoms with Gasteiger partial charge in [-0.15, -0.1) is 11.6 Å². The largest absolute Gasteiger partial charge is 0.458 e. The van der Waals surface area contributed by atoms with Crippen LogP contribution in [0.15, 0.2) is 24.0 Å². The van der Waals surface area contributed by atoms with Crippen LogP contribution in [0.3, 0.4) is 0 Å². The average molecular weight is 213 g/mol. The predicted molar refractivity (Wildman–Crippen MR) is 49.4 cm³/mol. The summed E-state index contributed by atoms with van der Waals surface area (Å²) >= 11 is 5.69. The molecule has 4 bridgehead atoms. The average Bonchev–Trinajstić information content (AvgIpc) is 2.52. The molecule has 4 heteroatoms. The molecule has 3 rings (SSSR count). The molecule has 4 atom stereocenters. The molecule has 0 aromatic rings. The van der Waals surface area contributed by atoms with Gasteiger partial charge in [-0.3, -0.25) is 4.79 Å². The Balaban J connectivity index is 2.01. The number of carbonyl (C=O) groups is 1. The smallest absolute Gasteiger partial charge is 0.316 e. The van der Waals surface area contributed by atoms with Gasteiger partial charge in [0, 0.05) is 5.92 Å². The maximum atomic E-state index is 11.4. The summed E-state index contributed by atoms with van der Waals surface area (Å²) in [5.74, 6) is 1.13. The number of esters is 1. The van der Waals surface area contributed by atoms with Crippen molar-refractivity contribution in [2.24, 2.45) is 17.8 Å². The summed E-state index contributed by atoms with van der Waals surface area (Å²) in [5.41, 5.74) is 0. The van der Waals surface area contributed by atoms with E-state index in [1.54, 1.807) is 0 Å². The van der Waals surface area contributed by atoms with Crippen LogP contribution in [-0.4, -0.2) is 18.1 Å². The molecule has 0 saturated carbocycles. The van der Waals surface area contributed by atoms with Gasteiger partial charge < -0.3 is 9.47 Å². The summed E-state index contributed by atoms with van der Waals surface area (Å²) in [7, 11) is 0. The van der Waals surface area contributed by atoms with Gasteiger partial charge in [-0.05, 0) is 6.08 Å². The molecule has 1 aliphatic carbocycles. The van der Waals surface area contributed by atoms with Gasteiger partial charge in [0.05, 0.1) is 17.7 Å². The number of halogens is 1. The standard InChI is InChI=1S/C10H9ClO3/c11-4-5-3-8-6-1-2-7(8)10(13-5)14-9(6)12/h1-3,6-8,10H,4H2/t6-,7+,8-,10+/m1/s1. The van der Waals surface area contributed by atoms with Crippen molar-refractivity contribution in [2.45, 2.75) is 6.29 Å². The molecule has 1 fully saturated rings. The van der Waals surface area contributed by atoms with Gasteiger partial charge in [0.25, 0.3) is 6.29 Å². The van der Waals surface area contributed by atoms with Gasteiger partial charge in [0.1, 0.15) is 5.76 Å². The summed E-state index contributed by atoms with van der Waals surface area (Å²) in [4.78, 5) is 11.4. The number of carbonyl (C=O) groups excluding carboxylic acids is 1. The van der Waals surface area contributed by atoms with E-state index >= 15 is 0 Å².